The molecule has 1 fully saturated rings. The maximum Gasteiger partial charge on any atom is 0.152 e. The second-order valence-electron chi connectivity index (χ2n) is 4.35. The van der Waals surface area contributed by atoms with Gasteiger partial charge in [0, 0.05) is 0 Å². The first-order valence-electron chi connectivity index (χ1n) is 5.58. The van der Waals surface area contributed by atoms with Gasteiger partial charge in [-0.25, -0.2) is 0 Å². The van der Waals surface area contributed by atoms with E-state index in [-0.39, 0.29) is 6.10 Å². The molecule has 1 aromatic heterocycles. The molecular formula is C11H18N4O. The zero-order valence-corrected chi connectivity index (χ0v) is 9.92. The number of nitrogens with two attached hydrogens (primary N) is 1. The molecule has 5 heteroatoms. The van der Waals surface area contributed by atoms with Gasteiger partial charge in [-0.2, -0.15) is 0 Å². The van der Waals surface area contributed by atoms with Gasteiger partial charge in [0.25, 0.3) is 0 Å². The molecule has 0 amide bonds. The zero-order chi connectivity index (χ0) is 11.7. The summed E-state index contributed by atoms with van der Waals surface area (Å²) in [6.45, 7) is 7.06. The molecule has 1 aliphatic rings. The van der Waals surface area contributed by atoms with E-state index in [0.29, 0.717) is 17.9 Å². The summed E-state index contributed by atoms with van der Waals surface area (Å²) in [7, 11) is 0. The summed E-state index contributed by atoms with van der Waals surface area (Å²) in [5.74, 6) is 1.31. The lowest BCUT2D eigenvalue weighted by molar-refractivity contribution is 0.00944. The van der Waals surface area contributed by atoms with Crippen LogP contribution in [0.25, 0.3) is 0 Å². The molecule has 0 aromatic carbocycles. The highest BCUT2D eigenvalue weighted by molar-refractivity contribution is 5.44. The highest BCUT2D eigenvalue weighted by Gasteiger charge is 2.31. The zero-order valence-electron chi connectivity index (χ0n) is 9.92. The molecule has 0 bridgehead atoms. The predicted molar refractivity (Wildman–Crippen MR) is 63.3 cm³/mol. The Balaban J connectivity index is 2.26. The molecule has 1 saturated heterocycles. The Bertz CT molecular complexity index is 354. The molecule has 0 aliphatic carbocycles. The molecule has 1 aromatic rings. The van der Waals surface area contributed by atoms with Crippen molar-refractivity contribution in [1.82, 2.24) is 10.2 Å². The van der Waals surface area contributed by atoms with E-state index in [1.807, 2.05) is 6.07 Å². The van der Waals surface area contributed by atoms with E-state index < -0.39 is 0 Å². The van der Waals surface area contributed by atoms with Gasteiger partial charge in [0.2, 0.25) is 0 Å². The average molecular weight is 222 g/mol. The first-order chi connectivity index (χ1) is 7.59. The molecular weight excluding hydrogens is 204 g/mol. The van der Waals surface area contributed by atoms with Gasteiger partial charge in [-0.3, -0.25) is 0 Å². The maximum atomic E-state index is 5.66. The van der Waals surface area contributed by atoms with Gasteiger partial charge < -0.3 is 15.4 Å². The molecule has 3 unspecified atom stereocenters. The van der Waals surface area contributed by atoms with Gasteiger partial charge in [-0.05, 0) is 32.9 Å². The number of rotatable bonds is 1. The van der Waals surface area contributed by atoms with Gasteiger partial charge in [0.1, 0.15) is 5.82 Å². The van der Waals surface area contributed by atoms with Crippen LogP contribution in [0.3, 0.4) is 0 Å². The summed E-state index contributed by atoms with van der Waals surface area (Å²) in [6.07, 6.45) is 0.204. The standard InChI is InChI=1S/C11H18N4O/c1-7-6-16-9(3)8(2)15(7)11-5-4-10(12)13-14-11/h4-5,7-9H,6H2,1-3H3,(H2,12,13). The molecule has 2 N–H and O–H groups in total. The predicted octanol–water partition coefficient (Wildman–Crippen LogP) is 1.06. The van der Waals surface area contributed by atoms with Crippen LogP contribution in [-0.2, 0) is 4.74 Å². The van der Waals surface area contributed by atoms with Gasteiger partial charge in [0.15, 0.2) is 5.82 Å². The van der Waals surface area contributed by atoms with Crippen molar-refractivity contribution < 1.29 is 4.74 Å². The van der Waals surface area contributed by atoms with Crippen LogP contribution in [0.15, 0.2) is 12.1 Å². The Morgan fingerprint density at radius 1 is 1.31 bits per heavy atom. The van der Waals surface area contributed by atoms with Crippen molar-refractivity contribution in [3.05, 3.63) is 12.1 Å². The first kappa shape index (κ1) is 11.1. The van der Waals surface area contributed by atoms with Crippen LogP contribution >= 0.6 is 0 Å². The van der Waals surface area contributed by atoms with Gasteiger partial charge >= 0.3 is 0 Å². The number of aromatic nitrogens is 2. The van der Waals surface area contributed by atoms with E-state index in [9.17, 15) is 0 Å². The van der Waals surface area contributed by atoms with Gasteiger partial charge in [-0.1, -0.05) is 0 Å². The van der Waals surface area contributed by atoms with E-state index in [1.165, 1.54) is 0 Å². The lowest BCUT2D eigenvalue weighted by Gasteiger charge is -2.43. The first-order valence-corrected chi connectivity index (χ1v) is 5.58. The molecule has 1 aliphatic heterocycles. The van der Waals surface area contributed by atoms with Crippen molar-refractivity contribution in [2.45, 2.75) is 39.0 Å². The number of nitrogens with zero attached hydrogens (tertiary/aromatic N) is 3. The molecule has 0 saturated carbocycles. The summed E-state index contributed by atoms with van der Waals surface area (Å²) in [4.78, 5) is 2.24. The number of nitrogen functional groups attached to an aromatic ring is 1. The highest BCUT2D eigenvalue weighted by Crippen LogP contribution is 2.24. The fourth-order valence-electron chi connectivity index (χ4n) is 2.05. The Morgan fingerprint density at radius 2 is 2.06 bits per heavy atom. The van der Waals surface area contributed by atoms with Crippen LogP contribution in [0.5, 0.6) is 0 Å². The van der Waals surface area contributed by atoms with E-state index in [4.69, 9.17) is 10.5 Å². The normalized spacial score (nSPS) is 30.4. The SMILES string of the molecule is CC1OCC(C)N(c2ccc(N)nn2)C1C. The Labute approximate surface area is 95.6 Å². The van der Waals surface area contributed by atoms with Gasteiger partial charge in [0.05, 0.1) is 24.8 Å². The molecule has 88 valence electrons. The second-order valence-corrected chi connectivity index (χ2v) is 4.35. The summed E-state index contributed by atoms with van der Waals surface area (Å²) in [5.41, 5.74) is 5.54. The van der Waals surface area contributed by atoms with Crippen molar-refractivity contribution in [2.24, 2.45) is 0 Å². The Hall–Kier alpha value is -1.36. The summed E-state index contributed by atoms with van der Waals surface area (Å²) in [5, 5.41) is 8.03. The van der Waals surface area contributed by atoms with Crippen molar-refractivity contribution in [3.63, 3.8) is 0 Å². The summed E-state index contributed by atoms with van der Waals surface area (Å²) in [6, 6.07) is 4.29. The number of hydrogen-bond donors (Lipinski definition) is 1. The minimum Gasteiger partial charge on any atom is -0.382 e. The van der Waals surface area contributed by atoms with Crippen LogP contribution < -0.4 is 10.6 Å². The minimum atomic E-state index is 0.204. The minimum absolute atomic E-state index is 0.204. The number of ether oxygens (including phenoxy) is 1. The lowest BCUT2D eigenvalue weighted by Crippen LogP contribution is -2.54. The van der Waals surface area contributed by atoms with Crippen molar-refractivity contribution in [2.75, 3.05) is 17.2 Å². The topological polar surface area (TPSA) is 64.3 Å². The summed E-state index contributed by atoms with van der Waals surface area (Å²) >= 11 is 0. The quantitative estimate of drug-likeness (QED) is 0.769. The van der Waals surface area contributed by atoms with Crippen molar-refractivity contribution in [3.8, 4) is 0 Å². The van der Waals surface area contributed by atoms with Crippen LogP contribution in [0.2, 0.25) is 0 Å². The number of morpholine rings is 1. The monoisotopic (exact) mass is 222 g/mol. The maximum absolute atomic E-state index is 5.66. The number of hydrogen-bond acceptors (Lipinski definition) is 5. The van der Waals surface area contributed by atoms with Crippen molar-refractivity contribution in [1.29, 1.82) is 0 Å². The smallest absolute Gasteiger partial charge is 0.152 e. The molecule has 5 nitrogen and oxygen atoms in total. The second kappa shape index (κ2) is 4.25. The molecule has 3 atom stereocenters. The van der Waals surface area contributed by atoms with Crippen LogP contribution in [0, 0.1) is 0 Å². The third-order valence-corrected chi connectivity index (χ3v) is 3.13. The highest BCUT2D eigenvalue weighted by atomic mass is 16.5. The van der Waals surface area contributed by atoms with E-state index in [0.717, 1.165) is 12.4 Å². The fourth-order valence-corrected chi connectivity index (χ4v) is 2.05. The van der Waals surface area contributed by atoms with E-state index in [1.54, 1.807) is 6.07 Å². The number of anilines is 2. The summed E-state index contributed by atoms with van der Waals surface area (Å²) < 4.78 is 5.66. The molecule has 2 heterocycles. The van der Waals surface area contributed by atoms with Crippen molar-refractivity contribution >= 4 is 11.6 Å². The van der Waals surface area contributed by atoms with Gasteiger partial charge in [-0.15, -0.1) is 10.2 Å². The Morgan fingerprint density at radius 3 is 2.69 bits per heavy atom. The van der Waals surface area contributed by atoms with E-state index in [2.05, 4.69) is 35.9 Å². The van der Waals surface area contributed by atoms with Crippen LogP contribution in [-0.4, -0.2) is 35.0 Å². The molecule has 0 spiro atoms. The Kier molecular flexibility index (Phi) is 2.96. The molecule has 16 heavy (non-hydrogen) atoms. The molecule has 2 rings (SSSR count). The van der Waals surface area contributed by atoms with E-state index >= 15 is 0 Å². The fraction of sp³-hybridized carbons (Fsp3) is 0.636. The molecule has 0 radical (unpaired) electrons. The third kappa shape index (κ3) is 1.95. The van der Waals surface area contributed by atoms with Crippen LogP contribution in [0.4, 0.5) is 11.6 Å². The van der Waals surface area contributed by atoms with Crippen LogP contribution in [0.1, 0.15) is 20.8 Å². The lowest BCUT2D eigenvalue weighted by atomic mass is 10.1. The third-order valence-electron chi connectivity index (χ3n) is 3.13. The largest absolute Gasteiger partial charge is 0.382 e. The average Bonchev–Trinajstić information content (AvgIpc) is 2.27.